The molecule has 1 aromatic heterocycles. The highest BCUT2D eigenvalue weighted by Crippen LogP contribution is 2.37. The number of ether oxygens (including phenoxy) is 1. The summed E-state index contributed by atoms with van der Waals surface area (Å²) in [4.78, 5) is 11.4. The molecule has 3 fully saturated rings. The molecule has 0 radical (unpaired) electrons. The van der Waals surface area contributed by atoms with Crippen LogP contribution in [0.2, 0.25) is 0 Å². The minimum absolute atomic E-state index is 0.0650. The molecule has 2 saturated heterocycles. The Kier molecular flexibility index (Phi) is 3.78. The van der Waals surface area contributed by atoms with Gasteiger partial charge in [0, 0.05) is 44.7 Å². The standard InChI is InChI=1S/C17H26N4O/c1-13-9-18-16(19-10-13)20-15-4-7-22-17(8-15)5-6-21(12-17)11-14-2-3-14/h9-10,14-15H,2-8,11-12H2,1H3,(H,18,19,20)/t15-,17-/m1/s1. The first-order chi connectivity index (χ1) is 10.7. The zero-order valence-corrected chi connectivity index (χ0v) is 13.4. The first-order valence-corrected chi connectivity index (χ1v) is 8.62. The molecule has 1 aliphatic carbocycles. The number of hydrogen-bond donors (Lipinski definition) is 1. The van der Waals surface area contributed by atoms with Crippen molar-refractivity contribution in [2.75, 3.05) is 31.6 Å². The van der Waals surface area contributed by atoms with E-state index >= 15 is 0 Å². The second kappa shape index (κ2) is 5.78. The molecule has 1 saturated carbocycles. The molecular weight excluding hydrogens is 276 g/mol. The molecule has 1 N–H and O–H groups in total. The minimum atomic E-state index is 0.0650. The molecular formula is C17H26N4O. The molecule has 5 heteroatoms. The molecule has 2 atom stereocenters. The van der Waals surface area contributed by atoms with Crippen LogP contribution in [0.1, 0.15) is 37.7 Å². The Hall–Kier alpha value is -1.20. The molecule has 3 aliphatic rings. The maximum Gasteiger partial charge on any atom is 0.222 e. The van der Waals surface area contributed by atoms with Gasteiger partial charge in [-0.1, -0.05) is 0 Å². The van der Waals surface area contributed by atoms with Crippen molar-refractivity contribution in [2.24, 2.45) is 5.92 Å². The predicted octanol–water partition coefficient (Wildman–Crippen LogP) is 2.23. The van der Waals surface area contributed by atoms with E-state index in [1.807, 2.05) is 19.3 Å². The van der Waals surface area contributed by atoms with Crippen molar-refractivity contribution in [3.8, 4) is 0 Å². The fraction of sp³-hybridized carbons (Fsp3) is 0.765. The zero-order valence-electron chi connectivity index (χ0n) is 13.4. The third-order valence-electron chi connectivity index (χ3n) is 5.22. The van der Waals surface area contributed by atoms with Gasteiger partial charge in [0.1, 0.15) is 0 Å². The fourth-order valence-corrected chi connectivity index (χ4v) is 3.83. The predicted molar refractivity (Wildman–Crippen MR) is 85.9 cm³/mol. The van der Waals surface area contributed by atoms with Gasteiger partial charge < -0.3 is 15.0 Å². The van der Waals surface area contributed by atoms with Crippen LogP contribution < -0.4 is 5.32 Å². The number of nitrogens with zero attached hydrogens (tertiary/aromatic N) is 3. The van der Waals surface area contributed by atoms with E-state index in [1.165, 1.54) is 32.4 Å². The van der Waals surface area contributed by atoms with Crippen LogP contribution in [0.4, 0.5) is 5.95 Å². The summed E-state index contributed by atoms with van der Waals surface area (Å²) in [6.07, 6.45) is 9.90. The van der Waals surface area contributed by atoms with Crippen molar-refractivity contribution in [3.63, 3.8) is 0 Å². The summed E-state index contributed by atoms with van der Waals surface area (Å²) in [7, 11) is 0. The molecule has 22 heavy (non-hydrogen) atoms. The fourth-order valence-electron chi connectivity index (χ4n) is 3.83. The van der Waals surface area contributed by atoms with E-state index in [0.717, 1.165) is 43.4 Å². The van der Waals surface area contributed by atoms with Gasteiger partial charge in [0.15, 0.2) is 0 Å². The van der Waals surface area contributed by atoms with Crippen LogP contribution in [0, 0.1) is 12.8 Å². The molecule has 5 nitrogen and oxygen atoms in total. The third-order valence-corrected chi connectivity index (χ3v) is 5.22. The lowest BCUT2D eigenvalue weighted by Gasteiger charge is -2.38. The van der Waals surface area contributed by atoms with Crippen molar-refractivity contribution in [1.29, 1.82) is 0 Å². The van der Waals surface area contributed by atoms with Gasteiger partial charge in [0.05, 0.1) is 5.60 Å². The Morgan fingerprint density at radius 3 is 2.91 bits per heavy atom. The van der Waals surface area contributed by atoms with Gasteiger partial charge in [-0.3, -0.25) is 0 Å². The molecule has 3 heterocycles. The Balaban J connectivity index is 1.36. The summed E-state index contributed by atoms with van der Waals surface area (Å²) < 4.78 is 6.22. The number of rotatable bonds is 4. The van der Waals surface area contributed by atoms with Gasteiger partial charge in [-0.2, -0.15) is 0 Å². The van der Waals surface area contributed by atoms with Crippen molar-refractivity contribution < 1.29 is 4.74 Å². The quantitative estimate of drug-likeness (QED) is 0.924. The van der Waals surface area contributed by atoms with E-state index in [4.69, 9.17) is 4.74 Å². The molecule has 0 unspecified atom stereocenters. The van der Waals surface area contributed by atoms with Gasteiger partial charge in [-0.05, 0) is 50.5 Å². The van der Waals surface area contributed by atoms with Crippen LogP contribution in [0.15, 0.2) is 12.4 Å². The third kappa shape index (κ3) is 3.25. The largest absolute Gasteiger partial charge is 0.373 e. The SMILES string of the molecule is Cc1cnc(N[C@@H]2CCO[C@]3(CCN(CC4CC4)C3)C2)nc1. The molecule has 1 spiro atoms. The first kappa shape index (κ1) is 14.4. The summed E-state index contributed by atoms with van der Waals surface area (Å²) in [5.41, 5.74) is 1.16. The lowest BCUT2D eigenvalue weighted by atomic mass is 9.89. The van der Waals surface area contributed by atoms with Gasteiger partial charge in [0.2, 0.25) is 5.95 Å². The highest BCUT2D eigenvalue weighted by atomic mass is 16.5. The van der Waals surface area contributed by atoms with Crippen molar-refractivity contribution in [1.82, 2.24) is 14.9 Å². The molecule has 0 amide bonds. The second-order valence-corrected chi connectivity index (χ2v) is 7.38. The van der Waals surface area contributed by atoms with E-state index in [2.05, 4.69) is 20.2 Å². The number of anilines is 1. The van der Waals surface area contributed by atoms with Crippen molar-refractivity contribution in [3.05, 3.63) is 18.0 Å². The molecule has 2 aliphatic heterocycles. The maximum atomic E-state index is 6.22. The molecule has 120 valence electrons. The monoisotopic (exact) mass is 302 g/mol. The van der Waals surface area contributed by atoms with E-state index in [1.54, 1.807) is 0 Å². The van der Waals surface area contributed by atoms with Crippen molar-refractivity contribution >= 4 is 5.95 Å². The summed E-state index contributed by atoms with van der Waals surface area (Å²) in [5.74, 6) is 1.72. The number of nitrogens with one attached hydrogen (secondary N) is 1. The number of aromatic nitrogens is 2. The van der Waals surface area contributed by atoms with E-state index in [0.29, 0.717) is 6.04 Å². The van der Waals surface area contributed by atoms with Crippen LogP contribution in [0.5, 0.6) is 0 Å². The lowest BCUT2D eigenvalue weighted by Crippen LogP contribution is -2.46. The van der Waals surface area contributed by atoms with Crippen LogP contribution in [-0.4, -0.2) is 52.8 Å². The minimum Gasteiger partial charge on any atom is -0.373 e. The van der Waals surface area contributed by atoms with Gasteiger partial charge in [0.25, 0.3) is 0 Å². The molecule has 0 aromatic carbocycles. The smallest absolute Gasteiger partial charge is 0.222 e. The van der Waals surface area contributed by atoms with Gasteiger partial charge in [-0.25, -0.2) is 9.97 Å². The lowest BCUT2D eigenvalue weighted by molar-refractivity contribution is -0.0735. The van der Waals surface area contributed by atoms with Gasteiger partial charge >= 0.3 is 0 Å². The molecule has 4 rings (SSSR count). The van der Waals surface area contributed by atoms with Gasteiger partial charge in [-0.15, -0.1) is 0 Å². The summed E-state index contributed by atoms with van der Waals surface area (Å²) in [6, 6.07) is 0.428. The maximum absolute atomic E-state index is 6.22. The second-order valence-electron chi connectivity index (χ2n) is 7.38. The highest BCUT2D eigenvalue weighted by molar-refractivity contribution is 5.26. The Bertz CT molecular complexity index is 516. The van der Waals surface area contributed by atoms with E-state index < -0.39 is 0 Å². The van der Waals surface area contributed by atoms with Crippen molar-refractivity contribution in [2.45, 2.75) is 50.7 Å². The normalized spacial score (nSPS) is 32.5. The van der Waals surface area contributed by atoms with E-state index in [-0.39, 0.29) is 5.60 Å². The molecule has 0 bridgehead atoms. The average molecular weight is 302 g/mol. The highest BCUT2D eigenvalue weighted by Gasteiger charge is 2.44. The van der Waals surface area contributed by atoms with Crippen LogP contribution in [-0.2, 0) is 4.74 Å². The molecule has 1 aromatic rings. The van der Waals surface area contributed by atoms with E-state index in [9.17, 15) is 0 Å². The Morgan fingerprint density at radius 1 is 1.32 bits per heavy atom. The summed E-state index contributed by atoms with van der Waals surface area (Å²) in [6.45, 7) is 6.45. The first-order valence-electron chi connectivity index (χ1n) is 8.62. The summed E-state index contributed by atoms with van der Waals surface area (Å²) >= 11 is 0. The number of likely N-dealkylation sites (tertiary alicyclic amines) is 1. The Morgan fingerprint density at radius 2 is 2.14 bits per heavy atom. The summed E-state index contributed by atoms with van der Waals surface area (Å²) in [5, 5.41) is 3.51. The number of hydrogen-bond acceptors (Lipinski definition) is 5. The zero-order chi connectivity index (χ0) is 15.0. The average Bonchev–Trinajstić information content (AvgIpc) is 3.24. The topological polar surface area (TPSA) is 50.3 Å². The number of aryl methyl sites for hydroxylation is 1. The van der Waals surface area contributed by atoms with Crippen LogP contribution in [0.25, 0.3) is 0 Å². The van der Waals surface area contributed by atoms with Crippen LogP contribution >= 0.6 is 0 Å². The van der Waals surface area contributed by atoms with Crippen LogP contribution in [0.3, 0.4) is 0 Å². The Labute approximate surface area is 132 Å².